The lowest BCUT2D eigenvalue weighted by molar-refractivity contribution is -0.151. The van der Waals surface area contributed by atoms with Gasteiger partial charge in [0, 0.05) is 6.42 Å². The Morgan fingerprint density at radius 2 is 1.92 bits per heavy atom. The molecule has 0 fully saturated rings. The highest BCUT2D eigenvalue weighted by Gasteiger charge is 2.26. The quantitative estimate of drug-likeness (QED) is 0.456. The topological polar surface area (TPSA) is 80.7 Å². The fraction of sp³-hybridized carbons (Fsp3) is 0.625. The zero-order valence-corrected chi connectivity index (χ0v) is 7.57. The van der Waals surface area contributed by atoms with Gasteiger partial charge in [-0.25, -0.2) is 0 Å². The Hall–Kier alpha value is -1.23. The lowest BCUT2D eigenvalue weighted by atomic mass is 9.99. The van der Waals surface area contributed by atoms with E-state index < -0.39 is 30.1 Å². The smallest absolute Gasteiger partial charge is 0.316 e. The minimum atomic E-state index is -1.08. The lowest BCUT2D eigenvalue weighted by Crippen LogP contribution is -2.27. The average Bonchev–Trinajstić information content (AvgIpc) is 2.11. The second-order valence-electron chi connectivity index (χ2n) is 2.59. The highest BCUT2D eigenvalue weighted by molar-refractivity contribution is 6.01. The zero-order chi connectivity index (χ0) is 10.4. The van der Waals surface area contributed by atoms with E-state index in [0.717, 1.165) is 7.11 Å². The number of ether oxygens (including phenoxy) is 1. The number of aliphatic hydroxyl groups excluding tert-OH is 1. The van der Waals surface area contributed by atoms with Crippen molar-refractivity contribution in [3.63, 3.8) is 0 Å². The third-order valence-electron chi connectivity index (χ3n) is 1.58. The maximum absolute atomic E-state index is 10.9. The number of aliphatic hydroxyl groups is 1. The van der Waals surface area contributed by atoms with Gasteiger partial charge in [-0.15, -0.1) is 0 Å². The molecule has 5 heteroatoms. The second-order valence-corrected chi connectivity index (χ2v) is 2.59. The maximum Gasteiger partial charge on any atom is 0.316 e. The average molecular weight is 188 g/mol. The number of rotatable bonds is 5. The molecule has 1 unspecified atom stereocenters. The van der Waals surface area contributed by atoms with E-state index >= 15 is 0 Å². The largest absolute Gasteiger partial charge is 0.468 e. The predicted molar refractivity (Wildman–Crippen MR) is 42.9 cm³/mol. The Kier molecular flexibility index (Phi) is 4.91. The van der Waals surface area contributed by atoms with Crippen LogP contribution in [-0.4, -0.2) is 36.4 Å². The number of hydrogen-bond donors (Lipinski definition) is 1. The molecule has 13 heavy (non-hydrogen) atoms. The first-order valence-corrected chi connectivity index (χ1v) is 3.73. The van der Waals surface area contributed by atoms with E-state index in [1.807, 2.05) is 0 Å². The van der Waals surface area contributed by atoms with E-state index in [0.29, 0.717) is 0 Å². The lowest BCUT2D eigenvalue weighted by Gasteiger charge is -2.08. The standard InChI is InChI=1S/C8H12O5/c1-5(10)7(8(12)13-2)3-6(11)4-9/h7,9H,3-4H2,1-2H3. The third-order valence-corrected chi connectivity index (χ3v) is 1.58. The normalized spacial score (nSPS) is 11.9. The molecule has 0 aliphatic rings. The van der Waals surface area contributed by atoms with Crippen LogP contribution in [0.15, 0.2) is 0 Å². The van der Waals surface area contributed by atoms with Crippen molar-refractivity contribution in [2.24, 2.45) is 5.92 Å². The Morgan fingerprint density at radius 3 is 2.23 bits per heavy atom. The van der Waals surface area contributed by atoms with Gasteiger partial charge in [-0.2, -0.15) is 0 Å². The molecule has 0 heterocycles. The summed E-state index contributed by atoms with van der Waals surface area (Å²) in [7, 11) is 1.14. The highest BCUT2D eigenvalue weighted by Crippen LogP contribution is 2.07. The molecule has 0 radical (unpaired) electrons. The van der Waals surface area contributed by atoms with Crippen molar-refractivity contribution < 1.29 is 24.2 Å². The van der Waals surface area contributed by atoms with Crippen LogP contribution in [0.3, 0.4) is 0 Å². The summed E-state index contributed by atoms with van der Waals surface area (Å²) < 4.78 is 4.33. The molecule has 0 aromatic carbocycles. The highest BCUT2D eigenvalue weighted by atomic mass is 16.5. The minimum Gasteiger partial charge on any atom is -0.468 e. The number of esters is 1. The Balaban J connectivity index is 4.35. The van der Waals surface area contributed by atoms with Crippen LogP contribution >= 0.6 is 0 Å². The molecular weight excluding hydrogens is 176 g/mol. The summed E-state index contributed by atoms with van der Waals surface area (Å²) in [6.07, 6.45) is -0.293. The molecule has 0 aromatic rings. The fourth-order valence-corrected chi connectivity index (χ4v) is 0.828. The van der Waals surface area contributed by atoms with Crippen LogP contribution in [0.25, 0.3) is 0 Å². The number of Topliss-reactive ketones (excluding diaryl/α,β-unsaturated/α-hetero) is 2. The van der Waals surface area contributed by atoms with Crippen LogP contribution in [-0.2, 0) is 19.1 Å². The third kappa shape index (κ3) is 3.80. The van der Waals surface area contributed by atoms with Gasteiger partial charge in [0.2, 0.25) is 0 Å². The molecular formula is C8H12O5. The number of hydrogen-bond acceptors (Lipinski definition) is 5. The second kappa shape index (κ2) is 5.42. The Labute approximate surface area is 75.7 Å². The van der Waals surface area contributed by atoms with Crippen molar-refractivity contribution >= 4 is 17.5 Å². The molecule has 74 valence electrons. The van der Waals surface area contributed by atoms with Gasteiger partial charge < -0.3 is 9.84 Å². The summed E-state index contributed by atoms with van der Waals surface area (Å²) in [5.41, 5.74) is 0. The van der Waals surface area contributed by atoms with Crippen molar-refractivity contribution in [1.82, 2.24) is 0 Å². The van der Waals surface area contributed by atoms with Crippen molar-refractivity contribution in [3.8, 4) is 0 Å². The van der Waals surface area contributed by atoms with E-state index in [2.05, 4.69) is 4.74 Å². The molecule has 1 atom stereocenters. The first-order valence-electron chi connectivity index (χ1n) is 3.73. The molecule has 1 N–H and O–H groups in total. The van der Waals surface area contributed by atoms with E-state index in [4.69, 9.17) is 5.11 Å². The molecule has 0 spiro atoms. The Morgan fingerprint density at radius 1 is 1.38 bits per heavy atom. The predicted octanol–water partition coefficient (Wildman–Crippen LogP) is -0.684. The van der Waals surface area contributed by atoms with Crippen LogP contribution in [0.1, 0.15) is 13.3 Å². The maximum atomic E-state index is 10.9. The van der Waals surface area contributed by atoms with Crippen molar-refractivity contribution in [1.29, 1.82) is 0 Å². The molecule has 5 nitrogen and oxygen atoms in total. The van der Waals surface area contributed by atoms with Gasteiger partial charge in [-0.05, 0) is 6.92 Å². The Bertz CT molecular complexity index is 221. The SMILES string of the molecule is COC(=O)C(CC(=O)CO)C(C)=O. The molecule has 0 aliphatic carbocycles. The van der Waals surface area contributed by atoms with Gasteiger partial charge >= 0.3 is 5.97 Å². The van der Waals surface area contributed by atoms with Gasteiger partial charge in [-0.1, -0.05) is 0 Å². The van der Waals surface area contributed by atoms with E-state index in [1.165, 1.54) is 6.92 Å². The zero-order valence-electron chi connectivity index (χ0n) is 7.57. The summed E-state index contributed by atoms with van der Waals surface area (Å²) in [6.45, 7) is 0.535. The van der Waals surface area contributed by atoms with E-state index in [1.54, 1.807) is 0 Å². The molecule has 0 aromatic heterocycles. The van der Waals surface area contributed by atoms with Gasteiger partial charge in [0.25, 0.3) is 0 Å². The monoisotopic (exact) mass is 188 g/mol. The molecule has 0 saturated heterocycles. The minimum absolute atomic E-state index is 0.293. The van der Waals surface area contributed by atoms with Crippen LogP contribution in [0.4, 0.5) is 0 Å². The summed E-state index contributed by atoms with van der Waals surface area (Å²) in [5, 5.41) is 8.41. The summed E-state index contributed by atoms with van der Waals surface area (Å²) in [4.78, 5) is 32.5. The van der Waals surface area contributed by atoms with Crippen molar-refractivity contribution in [3.05, 3.63) is 0 Å². The van der Waals surface area contributed by atoms with E-state index in [-0.39, 0.29) is 6.42 Å². The summed E-state index contributed by atoms with van der Waals surface area (Å²) in [6, 6.07) is 0. The van der Waals surface area contributed by atoms with Crippen molar-refractivity contribution in [2.45, 2.75) is 13.3 Å². The number of carbonyl (C=O) groups is 3. The van der Waals surface area contributed by atoms with Crippen LogP contribution in [0.2, 0.25) is 0 Å². The summed E-state index contributed by atoms with van der Waals surface area (Å²) in [5.74, 6) is -2.81. The molecule has 0 bridgehead atoms. The number of carbonyl (C=O) groups excluding carboxylic acids is 3. The number of ketones is 2. The molecule has 0 saturated carbocycles. The van der Waals surface area contributed by atoms with Crippen LogP contribution in [0, 0.1) is 5.92 Å². The summed E-state index contributed by atoms with van der Waals surface area (Å²) >= 11 is 0. The molecule has 0 aliphatic heterocycles. The van der Waals surface area contributed by atoms with Gasteiger partial charge in [0.15, 0.2) is 5.78 Å². The fourth-order valence-electron chi connectivity index (χ4n) is 0.828. The van der Waals surface area contributed by atoms with Crippen LogP contribution < -0.4 is 0 Å². The first kappa shape index (κ1) is 11.8. The first-order chi connectivity index (χ1) is 6.02. The van der Waals surface area contributed by atoms with Gasteiger partial charge in [0.05, 0.1) is 7.11 Å². The van der Waals surface area contributed by atoms with Crippen LogP contribution in [0.5, 0.6) is 0 Å². The van der Waals surface area contributed by atoms with Gasteiger partial charge in [-0.3, -0.25) is 14.4 Å². The molecule has 0 rings (SSSR count). The van der Waals surface area contributed by atoms with Crippen molar-refractivity contribution in [2.75, 3.05) is 13.7 Å². The molecule has 0 amide bonds. The van der Waals surface area contributed by atoms with E-state index in [9.17, 15) is 14.4 Å². The number of methoxy groups -OCH3 is 1. The van der Waals surface area contributed by atoms with Gasteiger partial charge in [0.1, 0.15) is 18.3 Å².